The molecule has 7 heteroatoms. The second-order valence-electron chi connectivity index (χ2n) is 9.32. The zero-order valence-electron chi connectivity index (χ0n) is 20.2. The number of hydrogen-bond acceptors (Lipinski definition) is 6. The molecule has 2 aliphatic rings. The zero-order valence-corrected chi connectivity index (χ0v) is 21.0. The number of para-hydroxylation sites is 1. The monoisotopic (exact) mass is 487 g/mol. The topological polar surface area (TPSA) is 74.1 Å². The summed E-state index contributed by atoms with van der Waals surface area (Å²) < 4.78 is 5.86. The fourth-order valence-electron chi connectivity index (χ4n) is 5.83. The number of aromatic nitrogens is 2. The molecule has 180 valence electrons. The lowest BCUT2D eigenvalue weighted by atomic mass is 9.63. The van der Waals surface area contributed by atoms with Gasteiger partial charge < -0.3 is 15.0 Å². The number of fused-ring (bicyclic) bond motifs is 2. The van der Waals surface area contributed by atoms with E-state index in [0.717, 1.165) is 67.5 Å². The molecule has 1 saturated heterocycles. The quantitative estimate of drug-likeness (QED) is 0.523. The highest BCUT2D eigenvalue weighted by Gasteiger charge is 2.46. The van der Waals surface area contributed by atoms with Crippen LogP contribution in [0.3, 0.4) is 0 Å². The van der Waals surface area contributed by atoms with Crippen molar-refractivity contribution >= 4 is 17.4 Å². The molecule has 0 bridgehead atoms. The molecule has 1 spiro atoms. The molecule has 6 nitrogen and oxygen atoms in total. The molecule has 2 atom stereocenters. The van der Waals surface area contributed by atoms with E-state index in [2.05, 4.69) is 46.4 Å². The molecule has 5 rings (SSSR count). The lowest BCUT2D eigenvalue weighted by Gasteiger charge is -2.51. The van der Waals surface area contributed by atoms with Gasteiger partial charge in [0.2, 0.25) is 0 Å². The summed E-state index contributed by atoms with van der Waals surface area (Å²) in [6.45, 7) is 8.25. The predicted molar refractivity (Wildman–Crippen MR) is 139 cm³/mol. The Bertz CT molecular complexity index is 1270. The molecule has 1 N–H and O–H groups in total. The predicted octanol–water partition coefficient (Wildman–Crippen LogP) is 5.34. The molecule has 0 aliphatic carbocycles. The molecular formula is C28H30ClN5O. The number of nitriles is 1. The van der Waals surface area contributed by atoms with Crippen molar-refractivity contribution in [1.29, 1.82) is 5.26 Å². The number of benzene rings is 1. The maximum atomic E-state index is 9.64. The first-order chi connectivity index (χ1) is 17.1. The summed E-state index contributed by atoms with van der Waals surface area (Å²) in [4.78, 5) is 11.9. The molecule has 0 radical (unpaired) electrons. The third-order valence-corrected chi connectivity index (χ3v) is 7.71. The normalized spacial score (nSPS) is 21.4. The highest BCUT2D eigenvalue weighted by atomic mass is 35.5. The van der Waals surface area contributed by atoms with E-state index in [-0.39, 0.29) is 5.41 Å². The van der Waals surface area contributed by atoms with Gasteiger partial charge >= 0.3 is 0 Å². The third-order valence-electron chi connectivity index (χ3n) is 7.50. The number of rotatable bonds is 5. The van der Waals surface area contributed by atoms with Crippen LogP contribution in [-0.2, 0) is 12.0 Å². The average molecular weight is 488 g/mol. The maximum absolute atomic E-state index is 9.64. The number of piperidine rings is 1. The highest BCUT2D eigenvalue weighted by Crippen LogP contribution is 2.45. The SMILES string of the molecule is CCOc1ccccc1-c1ccc2c(n1)CNCC21CCN(c2ncc(Cl)cc2C#N)CC1CC. The fraction of sp³-hybridized carbons (Fsp3) is 0.393. The largest absolute Gasteiger partial charge is 0.493 e. The molecular weight excluding hydrogens is 458 g/mol. The van der Waals surface area contributed by atoms with Gasteiger partial charge in [-0.05, 0) is 49.1 Å². The summed E-state index contributed by atoms with van der Waals surface area (Å²) in [6, 6.07) is 16.5. The minimum atomic E-state index is 0.00301. The van der Waals surface area contributed by atoms with Crippen molar-refractivity contribution in [3.05, 3.63) is 70.5 Å². The van der Waals surface area contributed by atoms with Crippen LogP contribution in [0.5, 0.6) is 5.75 Å². The number of hydrogen-bond donors (Lipinski definition) is 1. The Morgan fingerprint density at radius 2 is 2.11 bits per heavy atom. The van der Waals surface area contributed by atoms with Gasteiger partial charge in [0.1, 0.15) is 17.6 Å². The fourth-order valence-corrected chi connectivity index (χ4v) is 5.99. The Labute approximate surface area is 211 Å². The molecule has 2 aromatic heterocycles. The van der Waals surface area contributed by atoms with E-state index in [1.165, 1.54) is 5.56 Å². The number of nitrogens with one attached hydrogen (secondary N) is 1. The van der Waals surface area contributed by atoms with Crippen molar-refractivity contribution in [3.63, 3.8) is 0 Å². The standard InChI is InChI=1S/C28H30ClN5O/c1-3-20-17-34(27-19(14-30)13-21(29)15-32-27)12-11-28(20)18-31-16-25-23(28)9-10-24(33-25)22-7-5-6-8-26(22)35-4-2/h5-10,13,15,20,31H,3-4,11-12,16-18H2,1-2H3. The lowest BCUT2D eigenvalue weighted by Crippen LogP contribution is -2.57. The minimum absolute atomic E-state index is 0.00301. The van der Waals surface area contributed by atoms with Crippen molar-refractivity contribution < 1.29 is 4.74 Å². The van der Waals surface area contributed by atoms with Gasteiger partial charge in [-0.1, -0.05) is 43.1 Å². The van der Waals surface area contributed by atoms with Gasteiger partial charge in [0.15, 0.2) is 0 Å². The second-order valence-corrected chi connectivity index (χ2v) is 9.75. The Hall–Kier alpha value is -3.14. The molecule has 35 heavy (non-hydrogen) atoms. The molecule has 2 aliphatic heterocycles. The Morgan fingerprint density at radius 3 is 2.91 bits per heavy atom. The number of ether oxygens (including phenoxy) is 1. The van der Waals surface area contributed by atoms with E-state index >= 15 is 0 Å². The van der Waals surface area contributed by atoms with Crippen LogP contribution in [0.1, 0.15) is 43.5 Å². The van der Waals surface area contributed by atoms with Crippen molar-refractivity contribution in [1.82, 2.24) is 15.3 Å². The lowest BCUT2D eigenvalue weighted by molar-refractivity contribution is 0.191. The van der Waals surface area contributed by atoms with Crippen LogP contribution < -0.4 is 15.0 Å². The summed E-state index contributed by atoms with van der Waals surface area (Å²) in [6.07, 6.45) is 3.63. The zero-order chi connectivity index (χ0) is 24.4. The molecule has 2 unspecified atom stereocenters. The van der Waals surface area contributed by atoms with Gasteiger partial charge in [0, 0.05) is 43.4 Å². The van der Waals surface area contributed by atoms with Gasteiger partial charge in [0.05, 0.1) is 28.6 Å². The number of nitrogens with zero attached hydrogens (tertiary/aromatic N) is 4. The van der Waals surface area contributed by atoms with E-state index in [9.17, 15) is 5.26 Å². The Morgan fingerprint density at radius 1 is 1.26 bits per heavy atom. The summed E-state index contributed by atoms with van der Waals surface area (Å²) >= 11 is 6.09. The van der Waals surface area contributed by atoms with Crippen LogP contribution in [0, 0.1) is 17.2 Å². The number of halogens is 1. The summed E-state index contributed by atoms with van der Waals surface area (Å²) in [5.74, 6) is 2.00. The van der Waals surface area contributed by atoms with Crippen LogP contribution >= 0.6 is 11.6 Å². The first-order valence-electron chi connectivity index (χ1n) is 12.3. The first-order valence-corrected chi connectivity index (χ1v) is 12.7. The average Bonchev–Trinajstić information content (AvgIpc) is 2.89. The van der Waals surface area contributed by atoms with Crippen LogP contribution in [0.2, 0.25) is 5.02 Å². The molecule has 1 aromatic carbocycles. The van der Waals surface area contributed by atoms with Crippen molar-refractivity contribution in [2.24, 2.45) is 5.92 Å². The van der Waals surface area contributed by atoms with Gasteiger partial charge in [-0.25, -0.2) is 4.98 Å². The summed E-state index contributed by atoms with van der Waals surface area (Å²) in [5.41, 5.74) is 4.98. The first kappa shape index (κ1) is 23.6. The molecule has 0 amide bonds. The van der Waals surface area contributed by atoms with E-state index < -0.39 is 0 Å². The minimum Gasteiger partial charge on any atom is -0.493 e. The van der Waals surface area contributed by atoms with Crippen LogP contribution in [0.25, 0.3) is 11.3 Å². The molecule has 4 heterocycles. The van der Waals surface area contributed by atoms with Crippen molar-refractivity contribution in [3.8, 4) is 23.1 Å². The van der Waals surface area contributed by atoms with Gasteiger partial charge in [0.25, 0.3) is 0 Å². The Kier molecular flexibility index (Phi) is 6.64. The Balaban J connectivity index is 1.48. The van der Waals surface area contributed by atoms with E-state index in [4.69, 9.17) is 21.3 Å². The number of anilines is 1. The molecule has 0 saturated carbocycles. The van der Waals surface area contributed by atoms with Gasteiger partial charge in [-0.15, -0.1) is 0 Å². The molecule has 1 fully saturated rings. The maximum Gasteiger partial charge on any atom is 0.146 e. The van der Waals surface area contributed by atoms with Crippen LogP contribution in [0.15, 0.2) is 48.7 Å². The summed E-state index contributed by atoms with van der Waals surface area (Å²) in [5, 5.41) is 13.8. The van der Waals surface area contributed by atoms with Crippen molar-refractivity contribution in [2.75, 3.05) is 31.1 Å². The third kappa shape index (κ3) is 4.24. The molecule has 3 aromatic rings. The van der Waals surface area contributed by atoms with E-state index in [1.54, 1.807) is 12.3 Å². The second kappa shape index (κ2) is 9.85. The van der Waals surface area contributed by atoms with Crippen LogP contribution in [0.4, 0.5) is 5.82 Å². The summed E-state index contributed by atoms with van der Waals surface area (Å²) in [7, 11) is 0. The van der Waals surface area contributed by atoms with Gasteiger partial charge in [-0.2, -0.15) is 5.26 Å². The van der Waals surface area contributed by atoms with Crippen molar-refractivity contribution in [2.45, 2.75) is 38.6 Å². The van der Waals surface area contributed by atoms with E-state index in [1.807, 2.05) is 25.1 Å². The number of pyridine rings is 2. The smallest absolute Gasteiger partial charge is 0.146 e. The van der Waals surface area contributed by atoms with E-state index in [0.29, 0.717) is 23.1 Å². The highest BCUT2D eigenvalue weighted by molar-refractivity contribution is 6.30. The van der Waals surface area contributed by atoms with Gasteiger partial charge in [-0.3, -0.25) is 4.98 Å². The van der Waals surface area contributed by atoms with Crippen LogP contribution in [-0.4, -0.2) is 36.2 Å².